The maximum absolute atomic E-state index is 12.1. The number of rotatable bonds is 4. The van der Waals surface area contributed by atoms with Crippen LogP contribution in [0.3, 0.4) is 0 Å². The summed E-state index contributed by atoms with van der Waals surface area (Å²) in [5, 5.41) is 18.7. The van der Waals surface area contributed by atoms with Gasteiger partial charge in [0.1, 0.15) is 10.9 Å². The predicted octanol–water partition coefficient (Wildman–Crippen LogP) is 3.96. The highest BCUT2D eigenvalue weighted by atomic mass is 35.5. The number of phenolic OH excluding ortho intramolecular Hbond substituents is 1. The first-order valence-electron chi connectivity index (χ1n) is 7.60. The summed E-state index contributed by atoms with van der Waals surface area (Å²) in [6.07, 6.45) is 1.41. The zero-order valence-electron chi connectivity index (χ0n) is 13.6. The highest BCUT2D eigenvalue weighted by Gasteiger charge is 2.14. The average Bonchev–Trinajstić information content (AvgIpc) is 2.92. The summed E-state index contributed by atoms with van der Waals surface area (Å²) >= 11 is 12.2. The van der Waals surface area contributed by atoms with Crippen LogP contribution in [0.25, 0.3) is 5.69 Å². The molecule has 0 radical (unpaired) electrons. The number of carbonyl (C=O) groups excluding carboxylic acids is 1. The van der Waals surface area contributed by atoms with Gasteiger partial charge in [-0.15, -0.1) is 0 Å². The van der Waals surface area contributed by atoms with Gasteiger partial charge in [-0.2, -0.15) is 10.2 Å². The Kier molecular flexibility index (Phi) is 5.25. The van der Waals surface area contributed by atoms with Crippen molar-refractivity contribution in [1.29, 1.82) is 0 Å². The first kappa shape index (κ1) is 18.0. The Morgan fingerprint density at radius 3 is 2.69 bits per heavy atom. The number of amides is 1. The molecule has 0 unspecified atom stereocenters. The fourth-order valence-electron chi connectivity index (χ4n) is 2.30. The second-order valence-electron chi connectivity index (χ2n) is 5.40. The van der Waals surface area contributed by atoms with Crippen LogP contribution in [-0.4, -0.2) is 27.0 Å². The maximum atomic E-state index is 12.1. The van der Waals surface area contributed by atoms with Gasteiger partial charge in [0, 0.05) is 5.02 Å². The van der Waals surface area contributed by atoms with Crippen LogP contribution in [0.2, 0.25) is 10.2 Å². The largest absolute Gasteiger partial charge is 0.507 e. The molecule has 0 aliphatic rings. The van der Waals surface area contributed by atoms with E-state index in [1.165, 1.54) is 24.4 Å². The van der Waals surface area contributed by atoms with E-state index in [4.69, 9.17) is 23.2 Å². The van der Waals surface area contributed by atoms with E-state index < -0.39 is 5.91 Å². The Morgan fingerprint density at radius 2 is 1.96 bits per heavy atom. The minimum absolute atomic E-state index is 0.0254. The van der Waals surface area contributed by atoms with Gasteiger partial charge in [0.25, 0.3) is 5.91 Å². The topological polar surface area (TPSA) is 79.5 Å². The smallest absolute Gasteiger partial charge is 0.275 e. The molecule has 132 valence electrons. The average molecular weight is 389 g/mol. The number of aromatic nitrogens is 2. The molecule has 0 spiro atoms. The van der Waals surface area contributed by atoms with Crippen molar-refractivity contribution in [3.8, 4) is 11.4 Å². The Balaban J connectivity index is 1.80. The van der Waals surface area contributed by atoms with Crippen LogP contribution in [-0.2, 0) is 0 Å². The summed E-state index contributed by atoms with van der Waals surface area (Å²) in [4.78, 5) is 12.1. The molecule has 0 aliphatic carbocycles. The van der Waals surface area contributed by atoms with Crippen molar-refractivity contribution in [2.45, 2.75) is 6.92 Å². The van der Waals surface area contributed by atoms with Crippen LogP contribution in [0, 0.1) is 6.92 Å². The summed E-state index contributed by atoms with van der Waals surface area (Å²) in [6.45, 7) is 1.79. The summed E-state index contributed by atoms with van der Waals surface area (Å²) in [6, 6.07) is 13.6. The number of hydrogen-bond acceptors (Lipinski definition) is 4. The molecule has 26 heavy (non-hydrogen) atoms. The fourth-order valence-corrected chi connectivity index (χ4v) is 2.80. The van der Waals surface area contributed by atoms with Crippen LogP contribution in [0.1, 0.15) is 21.6 Å². The third kappa shape index (κ3) is 3.71. The Hall–Kier alpha value is -2.83. The van der Waals surface area contributed by atoms with Crippen LogP contribution in [0.15, 0.2) is 53.6 Å². The predicted molar refractivity (Wildman–Crippen MR) is 101 cm³/mol. The third-order valence-corrected chi connectivity index (χ3v) is 4.21. The zero-order chi connectivity index (χ0) is 18.7. The van der Waals surface area contributed by atoms with Gasteiger partial charge in [-0.05, 0) is 37.3 Å². The van der Waals surface area contributed by atoms with E-state index in [0.717, 1.165) is 5.69 Å². The molecule has 1 amide bonds. The number of hydrogen-bond donors (Lipinski definition) is 2. The lowest BCUT2D eigenvalue weighted by atomic mass is 10.2. The van der Waals surface area contributed by atoms with Gasteiger partial charge in [0.2, 0.25) is 0 Å². The van der Waals surface area contributed by atoms with E-state index in [1.54, 1.807) is 11.6 Å². The number of benzene rings is 2. The summed E-state index contributed by atoms with van der Waals surface area (Å²) in [5.74, 6) is -0.779. The molecular weight excluding hydrogens is 375 g/mol. The molecule has 0 saturated carbocycles. The molecule has 3 aromatic rings. The molecule has 1 heterocycles. The van der Waals surface area contributed by atoms with Gasteiger partial charge in [0.15, 0.2) is 0 Å². The van der Waals surface area contributed by atoms with E-state index in [1.807, 2.05) is 30.3 Å². The first-order valence-corrected chi connectivity index (χ1v) is 8.35. The van der Waals surface area contributed by atoms with E-state index >= 15 is 0 Å². The van der Waals surface area contributed by atoms with Crippen molar-refractivity contribution >= 4 is 35.3 Å². The van der Waals surface area contributed by atoms with Gasteiger partial charge in [-0.25, -0.2) is 10.1 Å². The van der Waals surface area contributed by atoms with Gasteiger partial charge in [-0.1, -0.05) is 41.4 Å². The summed E-state index contributed by atoms with van der Waals surface area (Å²) in [5.41, 5.74) is 4.40. The van der Waals surface area contributed by atoms with E-state index in [-0.39, 0.29) is 11.3 Å². The molecule has 1 aromatic heterocycles. The maximum Gasteiger partial charge on any atom is 0.275 e. The van der Waals surface area contributed by atoms with Gasteiger partial charge < -0.3 is 5.11 Å². The normalized spacial score (nSPS) is 11.0. The van der Waals surface area contributed by atoms with Gasteiger partial charge in [0.05, 0.1) is 28.7 Å². The Bertz CT molecular complexity index is 984. The number of carbonyl (C=O) groups is 1. The van der Waals surface area contributed by atoms with Crippen LogP contribution < -0.4 is 5.43 Å². The lowest BCUT2D eigenvalue weighted by Gasteiger charge is -2.03. The van der Waals surface area contributed by atoms with Crippen LogP contribution in [0.4, 0.5) is 0 Å². The highest BCUT2D eigenvalue weighted by Crippen LogP contribution is 2.23. The number of nitrogens with zero attached hydrogens (tertiary/aromatic N) is 3. The highest BCUT2D eigenvalue weighted by molar-refractivity contribution is 6.32. The van der Waals surface area contributed by atoms with Crippen molar-refractivity contribution in [2.75, 3.05) is 0 Å². The molecule has 2 N–H and O–H groups in total. The van der Waals surface area contributed by atoms with E-state index in [9.17, 15) is 9.90 Å². The molecule has 6 nitrogen and oxygen atoms in total. The number of phenols is 1. The molecule has 3 rings (SSSR count). The number of aromatic hydroxyl groups is 1. The Morgan fingerprint density at radius 1 is 1.23 bits per heavy atom. The van der Waals surface area contributed by atoms with Crippen molar-refractivity contribution in [3.05, 3.63) is 75.5 Å². The molecular formula is C18H14Cl2N4O2. The van der Waals surface area contributed by atoms with Crippen molar-refractivity contribution in [3.63, 3.8) is 0 Å². The standard InChI is InChI=1S/C18H14Cl2N4O2/c1-11-15(17(20)24(23-11)13-5-3-2-4-6-13)10-21-22-18(26)14-9-12(19)7-8-16(14)25/h2-10,25H,1H3,(H,22,26)/b21-10-. The number of aryl methyl sites for hydroxylation is 1. The lowest BCUT2D eigenvalue weighted by Crippen LogP contribution is -2.17. The molecule has 0 saturated heterocycles. The third-order valence-electron chi connectivity index (χ3n) is 3.61. The SMILES string of the molecule is Cc1nn(-c2ccccc2)c(Cl)c1/C=N\NC(=O)c1cc(Cl)ccc1O. The molecule has 0 fully saturated rings. The second-order valence-corrected chi connectivity index (χ2v) is 6.19. The zero-order valence-corrected chi connectivity index (χ0v) is 15.2. The molecule has 0 aliphatic heterocycles. The molecule has 0 atom stereocenters. The Labute approximate surface area is 159 Å². The van der Waals surface area contributed by atoms with E-state index in [2.05, 4.69) is 15.6 Å². The minimum atomic E-state index is -0.592. The lowest BCUT2D eigenvalue weighted by molar-refractivity contribution is 0.0952. The summed E-state index contributed by atoms with van der Waals surface area (Å²) < 4.78 is 1.59. The molecule has 0 bridgehead atoms. The number of halogens is 2. The molecule has 8 heteroatoms. The minimum Gasteiger partial charge on any atom is -0.507 e. The second kappa shape index (κ2) is 7.59. The fraction of sp³-hybridized carbons (Fsp3) is 0.0556. The molecule has 2 aromatic carbocycles. The van der Waals surface area contributed by atoms with Crippen molar-refractivity contribution in [1.82, 2.24) is 15.2 Å². The van der Waals surface area contributed by atoms with E-state index in [0.29, 0.717) is 21.4 Å². The van der Waals surface area contributed by atoms with Crippen LogP contribution >= 0.6 is 23.2 Å². The first-order chi connectivity index (χ1) is 12.5. The quantitative estimate of drug-likeness (QED) is 0.524. The van der Waals surface area contributed by atoms with Crippen LogP contribution in [0.5, 0.6) is 5.75 Å². The van der Waals surface area contributed by atoms with Crippen molar-refractivity contribution < 1.29 is 9.90 Å². The monoisotopic (exact) mass is 388 g/mol. The summed E-state index contributed by atoms with van der Waals surface area (Å²) in [7, 11) is 0. The van der Waals surface area contributed by atoms with Crippen molar-refractivity contribution in [2.24, 2.45) is 5.10 Å². The number of hydrazone groups is 1. The van der Waals surface area contributed by atoms with Gasteiger partial charge >= 0.3 is 0 Å². The number of para-hydroxylation sites is 1. The van der Waals surface area contributed by atoms with Gasteiger partial charge in [-0.3, -0.25) is 4.79 Å². The number of nitrogens with one attached hydrogen (secondary N) is 1.